The van der Waals surface area contributed by atoms with Crippen LogP contribution in [-0.2, 0) is 0 Å². The lowest BCUT2D eigenvalue weighted by Crippen LogP contribution is -2.51. The van der Waals surface area contributed by atoms with Crippen LogP contribution in [0.4, 0.5) is 0 Å². The second-order valence-corrected chi connectivity index (χ2v) is 6.17. The standard InChI is InChI=1S/C15H28N2/c1-4-9-17(14-6-7-14)15-8-5-13(15)11-16-10-12(2)3/h4,12-16H,1,5-11H2,2-3H3. The maximum Gasteiger partial charge on any atom is 0.0166 e. The van der Waals surface area contributed by atoms with E-state index >= 15 is 0 Å². The molecule has 2 saturated carbocycles. The Balaban J connectivity index is 1.74. The average Bonchev–Trinajstić information content (AvgIpc) is 3.05. The van der Waals surface area contributed by atoms with Crippen molar-refractivity contribution in [2.24, 2.45) is 11.8 Å². The van der Waals surface area contributed by atoms with Crippen molar-refractivity contribution in [1.82, 2.24) is 10.2 Å². The molecule has 17 heavy (non-hydrogen) atoms. The summed E-state index contributed by atoms with van der Waals surface area (Å²) < 4.78 is 0. The first-order valence-electron chi connectivity index (χ1n) is 7.29. The van der Waals surface area contributed by atoms with Crippen LogP contribution in [0.1, 0.15) is 39.5 Å². The van der Waals surface area contributed by atoms with E-state index in [1.807, 2.05) is 0 Å². The van der Waals surface area contributed by atoms with Crippen LogP contribution in [0, 0.1) is 11.8 Å². The van der Waals surface area contributed by atoms with E-state index in [0.29, 0.717) is 0 Å². The maximum absolute atomic E-state index is 3.90. The van der Waals surface area contributed by atoms with Crippen LogP contribution in [-0.4, -0.2) is 36.6 Å². The van der Waals surface area contributed by atoms with Gasteiger partial charge in [0.25, 0.3) is 0 Å². The summed E-state index contributed by atoms with van der Waals surface area (Å²) in [5.41, 5.74) is 0. The molecule has 0 aliphatic heterocycles. The van der Waals surface area contributed by atoms with Crippen molar-refractivity contribution in [1.29, 1.82) is 0 Å². The van der Waals surface area contributed by atoms with Gasteiger partial charge in [-0.3, -0.25) is 4.90 Å². The molecule has 2 aliphatic rings. The van der Waals surface area contributed by atoms with E-state index in [0.717, 1.165) is 37.0 Å². The topological polar surface area (TPSA) is 15.3 Å². The van der Waals surface area contributed by atoms with Crippen molar-refractivity contribution in [2.45, 2.75) is 51.6 Å². The Morgan fingerprint density at radius 1 is 1.29 bits per heavy atom. The first kappa shape index (κ1) is 13.1. The number of hydrogen-bond donors (Lipinski definition) is 1. The van der Waals surface area contributed by atoms with Gasteiger partial charge in [-0.15, -0.1) is 6.58 Å². The maximum atomic E-state index is 3.90. The molecule has 0 aromatic heterocycles. The van der Waals surface area contributed by atoms with Gasteiger partial charge in [0, 0.05) is 18.6 Å². The third-order valence-electron chi connectivity index (χ3n) is 4.12. The van der Waals surface area contributed by atoms with Gasteiger partial charge in [0.1, 0.15) is 0 Å². The van der Waals surface area contributed by atoms with Gasteiger partial charge in [-0.25, -0.2) is 0 Å². The van der Waals surface area contributed by atoms with E-state index in [-0.39, 0.29) is 0 Å². The molecule has 1 N–H and O–H groups in total. The third-order valence-corrected chi connectivity index (χ3v) is 4.12. The minimum atomic E-state index is 0.765. The molecule has 0 aromatic carbocycles. The zero-order chi connectivity index (χ0) is 12.3. The molecule has 2 unspecified atom stereocenters. The molecule has 98 valence electrons. The molecular formula is C15H28N2. The fraction of sp³-hybridized carbons (Fsp3) is 0.867. The number of nitrogens with one attached hydrogen (secondary N) is 1. The Labute approximate surface area is 106 Å². The molecule has 0 aromatic rings. The zero-order valence-corrected chi connectivity index (χ0v) is 11.5. The molecule has 0 radical (unpaired) electrons. The summed E-state index contributed by atoms with van der Waals surface area (Å²) in [5, 5.41) is 3.62. The van der Waals surface area contributed by atoms with Crippen LogP contribution in [0.15, 0.2) is 12.7 Å². The van der Waals surface area contributed by atoms with Gasteiger partial charge in [-0.05, 0) is 50.6 Å². The lowest BCUT2D eigenvalue weighted by atomic mass is 9.78. The first-order chi connectivity index (χ1) is 8.22. The van der Waals surface area contributed by atoms with E-state index in [1.54, 1.807) is 0 Å². The van der Waals surface area contributed by atoms with Crippen molar-refractivity contribution >= 4 is 0 Å². The summed E-state index contributed by atoms with van der Waals surface area (Å²) in [6.45, 7) is 11.9. The highest BCUT2D eigenvalue weighted by molar-refractivity contribution is 4.98. The third kappa shape index (κ3) is 3.56. The predicted octanol–water partition coefficient (Wildman–Crippen LogP) is 2.66. The van der Waals surface area contributed by atoms with Crippen molar-refractivity contribution in [2.75, 3.05) is 19.6 Å². The summed E-state index contributed by atoms with van der Waals surface area (Å²) in [7, 11) is 0. The van der Waals surface area contributed by atoms with Crippen LogP contribution in [0.3, 0.4) is 0 Å². The molecule has 2 nitrogen and oxygen atoms in total. The van der Waals surface area contributed by atoms with Crippen LogP contribution < -0.4 is 5.32 Å². The predicted molar refractivity (Wildman–Crippen MR) is 74.1 cm³/mol. The molecule has 0 amide bonds. The normalized spacial score (nSPS) is 28.5. The second kappa shape index (κ2) is 6.01. The first-order valence-corrected chi connectivity index (χ1v) is 7.29. The van der Waals surface area contributed by atoms with Gasteiger partial charge in [0.05, 0.1) is 0 Å². The Hall–Kier alpha value is -0.340. The minimum Gasteiger partial charge on any atom is -0.316 e. The van der Waals surface area contributed by atoms with E-state index in [2.05, 4.69) is 36.7 Å². The largest absolute Gasteiger partial charge is 0.316 e. The van der Waals surface area contributed by atoms with Crippen molar-refractivity contribution < 1.29 is 0 Å². The molecule has 0 heterocycles. The van der Waals surface area contributed by atoms with Crippen LogP contribution in [0.25, 0.3) is 0 Å². The molecular weight excluding hydrogens is 208 g/mol. The molecule has 2 fully saturated rings. The Morgan fingerprint density at radius 3 is 2.53 bits per heavy atom. The van der Waals surface area contributed by atoms with Gasteiger partial charge < -0.3 is 5.32 Å². The molecule has 2 heteroatoms. The number of nitrogens with zero attached hydrogens (tertiary/aromatic N) is 1. The Morgan fingerprint density at radius 2 is 2.06 bits per heavy atom. The van der Waals surface area contributed by atoms with Crippen LogP contribution in [0.5, 0.6) is 0 Å². The number of hydrogen-bond acceptors (Lipinski definition) is 2. The minimum absolute atomic E-state index is 0.765. The Kier molecular flexibility index (Phi) is 4.63. The zero-order valence-electron chi connectivity index (χ0n) is 11.5. The fourth-order valence-corrected chi connectivity index (χ4v) is 2.89. The molecule has 2 rings (SSSR count). The van der Waals surface area contributed by atoms with Crippen LogP contribution in [0.2, 0.25) is 0 Å². The number of rotatable bonds is 8. The van der Waals surface area contributed by atoms with Gasteiger partial charge in [0.2, 0.25) is 0 Å². The molecule has 0 bridgehead atoms. The van der Waals surface area contributed by atoms with Gasteiger partial charge in [-0.2, -0.15) is 0 Å². The summed E-state index contributed by atoms with van der Waals surface area (Å²) in [4.78, 5) is 2.71. The smallest absolute Gasteiger partial charge is 0.0166 e. The van der Waals surface area contributed by atoms with Crippen molar-refractivity contribution in [3.8, 4) is 0 Å². The summed E-state index contributed by atoms with van der Waals surface area (Å²) >= 11 is 0. The van der Waals surface area contributed by atoms with Gasteiger partial charge in [0.15, 0.2) is 0 Å². The van der Waals surface area contributed by atoms with E-state index in [1.165, 1.54) is 32.2 Å². The lowest BCUT2D eigenvalue weighted by Gasteiger charge is -2.44. The lowest BCUT2D eigenvalue weighted by molar-refractivity contribution is 0.0645. The van der Waals surface area contributed by atoms with Crippen molar-refractivity contribution in [3.63, 3.8) is 0 Å². The summed E-state index contributed by atoms with van der Waals surface area (Å²) in [6.07, 6.45) is 7.72. The van der Waals surface area contributed by atoms with Gasteiger partial charge in [-0.1, -0.05) is 19.9 Å². The van der Waals surface area contributed by atoms with Crippen molar-refractivity contribution in [3.05, 3.63) is 12.7 Å². The molecule has 0 saturated heterocycles. The summed E-state index contributed by atoms with van der Waals surface area (Å²) in [5.74, 6) is 1.65. The average molecular weight is 236 g/mol. The van der Waals surface area contributed by atoms with E-state index < -0.39 is 0 Å². The fourth-order valence-electron chi connectivity index (χ4n) is 2.89. The van der Waals surface area contributed by atoms with E-state index in [9.17, 15) is 0 Å². The molecule has 2 aliphatic carbocycles. The Bertz CT molecular complexity index is 245. The highest BCUT2D eigenvalue weighted by Crippen LogP contribution is 2.38. The monoisotopic (exact) mass is 236 g/mol. The SMILES string of the molecule is C=CCN(C1CC1)C1CCC1CNCC(C)C. The highest BCUT2D eigenvalue weighted by Gasteiger charge is 2.40. The summed E-state index contributed by atoms with van der Waals surface area (Å²) in [6, 6.07) is 1.71. The highest BCUT2D eigenvalue weighted by atomic mass is 15.2. The van der Waals surface area contributed by atoms with Gasteiger partial charge >= 0.3 is 0 Å². The quantitative estimate of drug-likeness (QED) is 0.652. The van der Waals surface area contributed by atoms with E-state index in [4.69, 9.17) is 0 Å². The van der Waals surface area contributed by atoms with Crippen LogP contribution >= 0.6 is 0 Å². The molecule has 0 spiro atoms. The second-order valence-electron chi connectivity index (χ2n) is 6.17. The molecule has 2 atom stereocenters.